The van der Waals surface area contributed by atoms with Crippen molar-refractivity contribution in [3.8, 4) is 0 Å². The molecule has 1 aliphatic heterocycles. The second kappa shape index (κ2) is 4.33. The first kappa shape index (κ1) is 10.9. The van der Waals surface area contributed by atoms with Gasteiger partial charge in [0.05, 0.1) is 0 Å². The molecule has 0 unspecified atom stereocenters. The van der Waals surface area contributed by atoms with Gasteiger partial charge in [-0.3, -0.25) is 4.79 Å². The van der Waals surface area contributed by atoms with Crippen LogP contribution in [0.2, 0.25) is 0 Å². The number of thioether (sulfide) groups is 1. The minimum Gasteiger partial charge on any atom is -0.375 e. The maximum atomic E-state index is 11.5. The van der Waals surface area contributed by atoms with Gasteiger partial charge in [0, 0.05) is 30.7 Å². The molecule has 0 aromatic rings. The third kappa shape index (κ3) is 3.19. The minimum absolute atomic E-state index is 0.107. The van der Waals surface area contributed by atoms with Crippen molar-refractivity contribution in [2.45, 2.75) is 18.6 Å². The van der Waals surface area contributed by atoms with Crippen LogP contribution in [-0.4, -0.2) is 48.1 Å². The highest BCUT2D eigenvalue weighted by atomic mass is 32.2. The van der Waals surface area contributed by atoms with E-state index in [-0.39, 0.29) is 17.3 Å². The Bertz CT molecular complexity index is 194. The van der Waals surface area contributed by atoms with Crippen LogP contribution in [0.15, 0.2) is 0 Å². The molecule has 0 radical (unpaired) electrons. The predicted molar refractivity (Wildman–Crippen MR) is 55.0 cm³/mol. The molecule has 1 amide bonds. The van der Waals surface area contributed by atoms with Crippen molar-refractivity contribution in [1.82, 2.24) is 4.90 Å². The van der Waals surface area contributed by atoms with Crippen LogP contribution in [0.25, 0.3) is 0 Å². The Hall–Kier alpha value is -0.220. The van der Waals surface area contributed by atoms with Crippen molar-refractivity contribution in [2.24, 2.45) is 0 Å². The lowest BCUT2D eigenvalue weighted by molar-refractivity contribution is -0.135. The zero-order chi connectivity index (χ0) is 9.90. The lowest BCUT2D eigenvalue weighted by atomic mass is 10.2. The monoisotopic (exact) mass is 203 g/mol. The molecule has 0 atom stereocenters. The van der Waals surface area contributed by atoms with Crippen molar-refractivity contribution in [3.05, 3.63) is 0 Å². The fourth-order valence-corrected chi connectivity index (χ4v) is 2.56. The Morgan fingerprint density at radius 3 is 2.85 bits per heavy atom. The molecule has 1 rings (SSSR count). The predicted octanol–water partition coefficient (Wildman–Crippen LogP) is 0.987. The number of hydrogen-bond acceptors (Lipinski definition) is 3. The number of carbonyl (C=O) groups excluding carboxylic acids is 1. The Morgan fingerprint density at radius 2 is 2.31 bits per heavy atom. The SMILES string of the molecule is COCC(=O)N1CCSC(C)(C)C1. The molecule has 0 N–H and O–H groups in total. The van der Waals surface area contributed by atoms with Crippen LogP contribution in [-0.2, 0) is 9.53 Å². The molecule has 0 bridgehead atoms. The molecular formula is C9H17NO2S. The van der Waals surface area contributed by atoms with Crippen LogP contribution >= 0.6 is 11.8 Å². The highest BCUT2D eigenvalue weighted by molar-refractivity contribution is 8.00. The van der Waals surface area contributed by atoms with Gasteiger partial charge >= 0.3 is 0 Å². The zero-order valence-corrected chi connectivity index (χ0v) is 9.32. The van der Waals surface area contributed by atoms with Crippen molar-refractivity contribution in [2.75, 3.05) is 32.6 Å². The summed E-state index contributed by atoms with van der Waals surface area (Å²) in [6.07, 6.45) is 0. The van der Waals surface area contributed by atoms with E-state index < -0.39 is 0 Å². The number of rotatable bonds is 2. The number of carbonyl (C=O) groups is 1. The summed E-state index contributed by atoms with van der Waals surface area (Å²) in [5.41, 5.74) is 0. The molecule has 1 saturated heterocycles. The van der Waals surface area contributed by atoms with Gasteiger partial charge in [0.2, 0.25) is 5.91 Å². The van der Waals surface area contributed by atoms with Gasteiger partial charge in [-0.25, -0.2) is 0 Å². The molecule has 1 heterocycles. The Kier molecular flexibility index (Phi) is 3.62. The third-order valence-electron chi connectivity index (χ3n) is 2.05. The van der Waals surface area contributed by atoms with Crippen LogP contribution in [0.4, 0.5) is 0 Å². The van der Waals surface area contributed by atoms with Crippen molar-refractivity contribution >= 4 is 17.7 Å². The third-order valence-corrected chi connectivity index (χ3v) is 3.34. The van der Waals surface area contributed by atoms with Crippen molar-refractivity contribution in [3.63, 3.8) is 0 Å². The van der Waals surface area contributed by atoms with E-state index >= 15 is 0 Å². The molecule has 3 nitrogen and oxygen atoms in total. The molecule has 13 heavy (non-hydrogen) atoms. The van der Waals surface area contributed by atoms with E-state index in [1.54, 1.807) is 7.11 Å². The molecule has 4 heteroatoms. The van der Waals surface area contributed by atoms with Gasteiger partial charge in [0.15, 0.2) is 0 Å². The largest absolute Gasteiger partial charge is 0.375 e. The highest BCUT2D eigenvalue weighted by Gasteiger charge is 2.29. The Labute approximate surface area is 83.8 Å². The van der Waals surface area contributed by atoms with E-state index in [1.165, 1.54) is 0 Å². The summed E-state index contributed by atoms with van der Waals surface area (Å²) in [5.74, 6) is 1.14. The number of amides is 1. The number of ether oxygens (including phenoxy) is 1. The quantitative estimate of drug-likeness (QED) is 0.670. The first-order valence-electron chi connectivity index (χ1n) is 4.46. The first-order valence-corrected chi connectivity index (χ1v) is 5.44. The Morgan fingerprint density at radius 1 is 1.62 bits per heavy atom. The topological polar surface area (TPSA) is 29.5 Å². The van der Waals surface area contributed by atoms with Gasteiger partial charge in [-0.2, -0.15) is 11.8 Å². The summed E-state index contributed by atoms with van der Waals surface area (Å²) in [6.45, 7) is 6.24. The van der Waals surface area contributed by atoms with Crippen LogP contribution < -0.4 is 0 Å². The summed E-state index contributed by atoms with van der Waals surface area (Å²) in [5, 5.41) is 0. The molecule has 0 aromatic carbocycles. The summed E-state index contributed by atoms with van der Waals surface area (Å²) < 4.78 is 5.02. The normalized spacial score (nSPS) is 21.6. The second-order valence-electron chi connectivity index (χ2n) is 3.86. The molecule has 0 saturated carbocycles. The maximum absolute atomic E-state index is 11.5. The van der Waals surface area contributed by atoms with Crippen molar-refractivity contribution in [1.29, 1.82) is 0 Å². The van der Waals surface area contributed by atoms with Gasteiger partial charge in [-0.05, 0) is 13.8 Å². The minimum atomic E-state index is 0.107. The molecule has 1 aliphatic rings. The van der Waals surface area contributed by atoms with Crippen LogP contribution in [0.3, 0.4) is 0 Å². The highest BCUT2D eigenvalue weighted by Crippen LogP contribution is 2.29. The molecule has 0 aliphatic carbocycles. The lowest BCUT2D eigenvalue weighted by Crippen LogP contribution is -2.47. The molecule has 76 valence electrons. The number of nitrogens with zero attached hydrogens (tertiary/aromatic N) is 1. The summed E-state index contributed by atoms with van der Waals surface area (Å²) in [4.78, 5) is 13.4. The van der Waals surface area contributed by atoms with Gasteiger partial charge in [0.1, 0.15) is 6.61 Å². The van der Waals surface area contributed by atoms with E-state index in [4.69, 9.17) is 4.74 Å². The summed E-state index contributed by atoms with van der Waals surface area (Å²) in [6, 6.07) is 0. The van der Waals surface area contributed by atoms with Crippen LogP contribution in [0.1, 0.15) is 13.8 Å². The van der Waals surface area contributed by atoms with E-state index in [0.717, 1.165) is 18.8 Å². The smallest absolute Gasteiger partial charge is 0.248 e. The standard InChI is InChI=1S/C9H17NO2S/c1-9(2)7-10(4-5-13-9)8(11)6-12-3/h4-7H2,1-3H3. The summed E-state index contributed by atoms with van der Waals surface area (Å²) >= 11 is 1.92. The van der Waals surface area contributed by atoms with Gasteiger partial charge < -0.3 is 9.64 Å². The fraction of sp³-hybridized carbons (Fsp3) is 0.889. The molecular weight excluding hydrogens is 186 g/mol. The Balaban J connectivity index is 2.47. The van der Waals surface area contributed by atoms with E-state index in [1.807, 2.05) is 16.7 Å². The van der Waals surface area contributed by atoms with Gasteiger partial charge in [-0.15, -0.1) is 0 Å². The van der Waals surface area contributed by atoms with Gasteiger partial charge in [0.25, 0.3) is 0 Å². The second-order valence-corrected chi connectivity index (χ2v) is 5.66. The lowest BCUT2D eigenvalue weighted by Gasteiger charge is -2.37. The van der Waals surface area contributed by atoms with E-state index in [2.05, 4.69) is 13.8 Å². The first-order chi connectivity index (χ1) is 6.05. The number of hydrogen-bond donors (Lipinski definition) is 0. The fourth-order valence-electron chi connectivity index (χ4n) is 1.44. The van der Waals surface area contributed by atoms with Crippen LogP contribution in [0, 0.1) is 0 Å². The number of methoxy groups -OCH3 is 1. The van der Waals surface area contributed by atoms with Gasteiger partial charge in [-0.1, -0.05) is 0 Å². The summed E-state index contributed by atoms with van der Waals surface area (Å²) in [7, 11) is 1.56. The molecule has 1 fully saturated rings. The maximum Gasteiger partial charge on any atom is 0.248 e. The van der Waals surface area contributed by atoms with Crippen LogP contribution in [0.5, 0.6) is 0 Å². The molecule has 0 spiro atoms. The van der Waals surface area contributed by atoms with E-state index in [9.17, 15) is 4.79 Å². The average Bonchev–Trinajstić information content (AvgIpc) is 2.03. The van der Waals surface area contributed by atoms with E-state index in [0.29, 0.717) is 0 Å². The average molecular weight is 203 g/mol. The molecule has 0 aromatic heterocycles. The van der Waals surface area contributed by atoms with Crippen molar-refractivity contribution < 1.29 is 9.53 Å². The zero-order valence-electron chi connectivity index (χ0n) is 8.50.